The second-order valence-corrected chi connectivity index (χ2v) is 11.4. The Morgan fingerprint density at radius 1 is 1.09 bits per heavy atom. The summed E-state index contributed by atoms with van der Waals surface area (Å²) in [6, 6.07) is 5.60. The smallest absolute Gasteiger partial charge is 0.233 e. The van der Waals surface area contributed by atoms with Crippen LogP contribution in [0.4, 0.5) is 5.82 Å². The Kier molecular flexibility index (Phi) is 5.99. The zero-order chi connectivity index (χ0) is 22.1. The highest BCUT2D eigenvalue weighted by Gasteiger charge is 2.40. The normalized spacial score (nSPS) is 20.6. The number of rotatable bonds is 8. The molecule has 0 radical (unpaired) electrons. The van der Waals surface area contributed by atoms with Crippen molar-refractivity contribution < 1.29 is 17.9 Å². The quantitative estimate of drug-likeness (QED) is 0.650. The molecule has 2 aliphatic carbocycles. The molecule has 2 saturated carbocycles. The number of carbonyl (C=O) groups excluding carboxylic acids is 1. The molecule has 3 fully saturated rings. The zero-order valence-corrected chi connectivity index (χ0v) is 18.9. The number of hydrogen-bond donors (Lipinski definition) is 1. The van der Waals surface area contributed by atoms with Crippen LogP contribution in [0.2, 0.25) is 0 Å². The molecule has 7 nitrogen and oxygen atoms in total. The summed E-state index contributed by atoms with van der Waals surface area (Å²) >= 11 is 0. The summed E-state index contributed by atoms with van der Waals surface area (Å²) in [5.74, 6) is 0.586. The Morgan fingerprint density at radius 3 is 2.53 bits per heavy atom. The third-order valence-corrected chi connectivity index (χ3v) is 9.10. The summed E-state index contributed by atoms with van der Waals surface area (Å²) < 4.78 is 31.5. The third-order valence-electron chi connectivity index (χ3n) is 6.76. The van der Waals surface area contributed by atoms with Gasteiger partial charge in [-0.3, -0.25) is 9.78 Å². The lowest BCUT2D eigenvalue weighted by Crippen LogP contribution is -2.26. The van der Waals surface area contributed by atoms with E-state index in [2.05, 4.69) is 15.3 Å². The van der Waals surface area contributed by atoms with Crippen LogP contribution in [0, 0.1) is 5.92 Å². The first kappa shape index (κ1) is 21.5. The first-order valence-electron chi connectivity index (χ1n) is 11.5. The van der Waals surface area contributed by atoms with Gasteiger partial charge in [0.1, 0.15) is 0 Å². The first-order chi connectivity index (χ1) is 15.5. The van der Waals surface area contributed by atoms with Gasteiger partial charge in [0, 0.05) is 25.6 Å². The van der Waals surface area contributed by atoms with Crippen molar-refractivity contribution in [1.82, 2.24) is 9.97 Å². The number of sulfone groups is 1. The largest absolute Gasteiger partial charge is 0.381 e. The van der Waals surface area contributed by atoms with Crippen LogP contribution in [0.5, 0.6) is 0 Å². The van der Waals surface area contributed by atoms with E-state index < -0.39 is 9.84 Å². The molecule has 3 aliphatic rings. The number of nitrogens with one attached hydrogen (secondary N) is 1. The van der Waals surface area contributed by atoms with E-state index in [1.807, 2.05) is 12.1 Å². The molecule has 0 bridgehead atoms. The molecule has 8 heteroatoms. The van der Waals surface area contributed by atoms with Crippen LogP contribution < -0.4 is 5.32 Å². The number of aromatic nitrogens is 2. The van der Waals surface area contributed by atoms with Crippen molar-refractivity contribution in [2.75, 3.05) is 18.5 Å². The fourth-order valence-electron chi connectivity index (χ4n) is 4.60. The van der Waals surface area contributed by atoms with Gasteiger partial charge >= 0.3 is 0 Å². The Labute approximate surface area is 188 Å². The summed E-state index contributed by atoms with van der Waals surface area (Å²) in [4.78, 5) is 22.0. The molecule has 1 aliphatic heterocycles. The van der Waals surface area contributed by atoms with Gasteiger partial charge in [-0.05, 0) is 74.0 Å². The first-order valence-corrected chi connectivity index (χ1v) is 13.1. The topological polar surface area (TPSA) is 98.2 Å². The number of nitrogens with zero attached hydrogens (tertiary/aromatic N) is 2. The van der Waals surface area contributed by atoms with E-state index in [4.69, 9.17) is 4.74 Å². The van der Waals surface area contributed by atoms with E-state index in [1.165, 1.54) is 6.20 Å². The Balaban J connectivity index is 1.47. The zero-order valence-electron chi connectivity index (χ0n) is 18.1. The molecule has 32 heavy (non-hydrogen) atoms. The molecule has 1 saturated heterocycles. The fraction of sp³-hybridized carbons (Fsp3) is 0.542. The summed E-state index contributed by atoms with van der Waals surface area (Å²) in [5, 5.41) is 2.67. The Morgan fingerprint density at radius 2 is 1.88 bits per heavy atom. The van der Waals surface area contributed by atoms with Crippen LogP contribution in [0.1, 0.15) is 67.9 Å². The minimum atomic E-state index is -3.28. The summed E-state index contributed by atoms with van der Waals surface area (Å²) in [7, 11) is -3.28. The highest BCUT2D eigenvalue weighted by molar-refractivity contribution is 7.92. The lowest BCUT2D eigenvalue weighted by Gasteiger charge is -2.27. The van der Waals surface area contributed by atoms with Crippen molar-refractivity contribution in [3.05, 3.63) is 47.9 Å². The summed E-state index contributed by atoms with van der Waals surface area (Å²) in [5.41, 5.74) is 1.79. The minimum absolute atomic E-state index is 0.128. The van der Waals surface area contributed by atoms with Crippen molar-refractivity contribution in [2.45, 2.75) is 66.9 Å². The second-order valence-electron chi connectivity index (χ2n) is 9.24. The molecule has 1 aromatic carbocycles. The molecule has 1 aromatic heterocycles. The lowest BCUT2D eigenvalue weighted by molar-refractivity contribution is -0.118. The van der Waals surface area contributed by atoms with Gasteiger partial charge in [-0.1, -0.05) is 12.1 Å². The van der Waals surface area contributed by atoms with Gasteiger partial charge in [-0.2, -0.15) is 0 Å². The van der Waals surface area contributed by atoms with Gasteiger partial charge in [-0.25, -0.2) is 13.4 Å². The van der Waals surface area contributed by atoms with Crippen LogP contribution in [0.15, 0.2) is 41.7 Å². The van der Waals surface area contributed by atoms with Crippen molar-refractivity contribution in [3.63, 3.8) is 0 Å². The fourth-order valence-corrected chi connectivity index (χ4v) is 6.53. The molecule has 1 N–H and O–H groups in total. The van der Waals surface area contributed by atoms with E-state index in [9.17, 15) is 13.2 Å². The molecule has 0 unspecified atom stereocenters. The summed E-state index contributed by atoms with van der Waals surface area (Å²) in [6.07, 6.45) is 10.7. The average Bonchev–Trinajstić information content (AvgIpc) is 3.71. The number of amides is 1. The lowest BCUT2D eigenvalue weighted by atomic mass is 9.83. The molecule has 1 atom stereocenters. The number of benzene rings is 1. The predicted octanol–water partition coefficient (Wildman–Crippen LogP) is 3.83. The SMILES string of the molecule is O=C(Nc1cnccn1)[C@H](CC1CCOCC1)c1ccc(S(=O)(=O)C2CC2)c(C2CC2)c1. The van der Waals surface area contributed by atoms with Crippen LogP contribution in [0.25, 0.3) is 0 Å². The maximum atomic E-state index is 13.4. The van der Waals surface area contributed by atoms with Crippen LogP contribution in [-0.4, -0.2) is 42.8 Å². The van der Waals surface area contributed by atoms with E-state index in [0.717, 1.165) is 62.9 Å². The maximum absolute atomic E-state index is 13.4. The van der Waals surface area contributed by atoms with E-state index in [1.54, 1.807) is 18.5 Å². The van der Waals surface area contributed by atoms with E-state index in [0.29, 0.717) is 23.1 Å². The Hall–Kier alpha value is -2.32. The molecule has 5 rings (SSSR count). The van der Waals surface area contributed by atoms with Crippen molar-refractivity contribution >= 4 is 21.6 Å². The van der Waals surface area contributed by atoms with Crippen LogP contribution in [0.3, 0.4) is 0 Å². The second kappa shape index (κ2) is 8.90. The maximum Gasteiger partial charge on any atom is 0.233 e. The molecular formula is C24H29N3O4S. The van der Waals surface area contributed by atoms with E-state index >= 15 is 0 Å². The number of anilines is 1. The average molecular weight is 456 g/mol. The van der Waals surface area contributed by atoms with Crippen LogP contribution >= 0.6 is 0 Å². The van der Waals surface area contributed by atoms with Gasteiger partial charge in [0.15, 0.2) is 15.7 Å². The third kappa shape index (κ3) is 4.71. The van der Waals surface area contributed by atoms with Gasteiger partial charge in [-0.15, -0.1) is 0 Å². The predicted molar refractivity (Wildman–Crippen MR) is 120 cm³/mol. The highest BCUT2D eigenvalue weighted by atomic mass is 32.2. The molecule has 170 valence electrons. The van der Waals surface area contributed by atoms with Gasteiger partial charge in [0.05, 0.1) is 22.3 Å². The van der Waals surface area contributed by atoms with Crippen molar-refractivity contribution in [1.29, 1.82) is 0 Å². The number of ether oxygens (including phenoxy) is 1. The van der Waals surface area contributed by atoms with Gasteiger partial charge < -0.3 is 10.1 Å². The van der Waals surface area contributed by atoms with Crippen LogP contribution in [-0.2, 0) is 19.4 Å². The van der Waals surface area contributed by atoms with Gasteiger partial charge in [0.2, 0.25) is 5.91 Å². The van der Waals surface area contributed by atoms with Crippen molar-refractivity contribution in [2.24, 2.45) is 5.92 Å². The molecule has 2 aromatic rings. The summed E-state index contributed by atoms with van der Waals surface area (Å²) in [6.45, 7) is 1.43. The van der Waals surface area contributed by atoms with E-state index in [-0.39, 0.29) is 23.0 Å². The highest BCUT2D eigenvalue weighted by Crippen LogP contribution is 2.46. The monoisotopic (exact) mass is 455 g/mol. The molecule has 0 spiro atoms. The minimum Gasteiger partial charge on any atom is -0.381 e. The van der Waals surface area contributed by atoms with Gasteiger partial charge in [0.25, 0.3) is 0 Å². The molecule has 2 heterocycles. The van der Waals surface area contributed by atoms with Crippen molar-refractivity contribution in [3.8, 4) is 0 Å². The number of carbonyl (C=O) groups is 1. The Bertz CT molecular complexity index is 1080. The molecular weight excluding hydrogens is 426 g/mol. The standard InChI is InChI=1S/C24H29N3O4S/c28-24(27-23-15-25-9-10-26-23)21(13-16-7-11-31-12-8-16)18-3-6-22(20(14-18)17-1-2-17)32(29,30)19-4-5-19/h3,6,9-10,14-17,19,21H,1-2,4-5,7-8,11-13H2,(H,26,27,28)/t21-/m1/s1. The molecule has 1 amide bonds. The number of hydrogen-bond acceptors (Lipinski definition) is 6.